The number of Topliss-reactive ketones (excluding diaryl/α,β-unsaturated/α-hetero) is 1. The summed E-state index contributed by atoms with van der Waals surface area (Å²) >= 11 is 1.96. The zero-order chi connectivity index (χ0) is 13.3. The average molecular weight is 283 g/mol. The van der Waals surface area contributed by atoms with Crippen molar-refractivity contribution in [1.82, 2.24) is 0 Å². The number of carbonyl (C=O) groups is 1. The van der Waals surface area contributed by atoms with Crippen LogP contribution in [0.25, 0.3) is 0 Å². The summed E-state index contributed by atoms with van der Waals surface area (Å²) < 4.78 is 6.01. The Morgan fingerprint density at radius 3 is 2.68 bits per heavy atom. The first-order valence-electron chi connectivity index (χ1n) is 7.69. The predicted octanol–water partition coefficient (Wildman–Crippen LogP) is 2.52. The van der Waals surface area contributed by atoms with Crippen molar-refractivity contribution in [3.63, 3.8) is 0 Å². The third-order valence-electron chi connectivity index (χ3n) is 5.17. The van der Waals surface area contributed by atoms with Gasteiger partial charge in [-0.2, -0.15) is 11.8 Å². The molecule has 3 nitrogen and oxygen atoms in total. The van der Waals surface area contributed by atoms with Crippen LogP contribution in [0, 0.1) is 5.92 Å². The van der Waals surface area contributed by atoms with Crippen molar-refractivity contribution < 1.29 is 9.53 Å². The second-order valence-electron chi connectivity index (χ2n) is 6.60. The van der Waals surface area contributed by atoms with Gasteiger partial charge < -0.3 is 10.5 Å². The molecule has 0 aromatic carbocycles. The quantitative estimate of drug-likeness (QED) is 0.846. The standard InChI is InChI=1S/C15H25NO2S/c16-15(5-2-1-3-6-15)13(17)12-4-8-18-14(10-12)7-9-19-11-14/h12H,1-11,16H2. The van der Waals surface area contributed by atoms with Crippen LogP contribution in [0.5, 0.6) is 0 Å². The summed E-state index contributed by atoms with van der Waals surface area (Å²) in [6.07, 6.45) is 8.16. The number of rotatable bonds is 2. The minimum absolute atomic E-state index is 0.00568. The summed E-state index contributed by atoms with van der Waals surface area (Å²) in [6.45, 7) is 0.743. The lowest BCUT2D eigenvalue weighted by molar-refractivity contribution is -0.140. The topological polar surface area (TPSA) is 52.3 Å². The van der Waals surface area contributed by atoms with Gasteiger partial charge in [0.2, 0.25) is 0 Å². The SMILES string of the molecule is NC1(C(=O)C2CCOC3(CCSC3)C2)CCCCC1. The van der Waals surface area contributed by atoms with Crippen molar-refractivity contribution in [3.05, 3.63) is 0 Å². The molecule has 4 heteroatoms. The molecule has 2 saturated heterocycles. The van der Waals surface area contributed by atoms with Gasteiger partial charge in [-0.15, -0.1) is 0 Å². The molecule has 1 spiro atoms. The largest absolute Gasteiger partial charge is 0.374 e. The van der Waals surface area contributed by atoms with Gasteiger partial charge in [0.15, 0.2) is 5.78 Å². The van der Waals surface area contributed by atoms with E-state index < -0.39 is 5.54 Å². The lowest BCUT2D eigenvalue weighted by Crippen LogP contribution is -2.54. The average Bonchev–Trinajstić information content (AvgIpc) is 2.87. The Bertz CT molecular complexity index is 346. The van der Waals surface area contributed by atoms with Gasteiger partial charge in [-0.25, -0.2) is 0 Å². The van der Waals surface area contributed by atoms with E-state index in [0.717, 1.165) is 57.3 Å². The van der Waals surface area contributed by atoms with Gasteiger partial charge in [0.1, 0.15) is 0 Å². The minimum atomic E-state index is -0.521. The molecule has 19 heavy (non-hydrogen) atoms. The zero-order valence-corrected chi connectivity index (χ0v) is 12.5. The summed E-state index contributed by atoms with van der Waals surface area (Å²) in [5, 5.41) is 0. The summed E-state index contributed by atoms with van der Waals surface area (Å²) in [6, 6.07) is 0. The Kier molecular flexibility index (Phi) is 3.93. The Labute approximate surface area is 120 Å². The van der Waals surface area contributed by atoms with Gasteiger partial charge in [-0.1, -0.05) is 19.3 Å². The van der Waals surface area contributed by atoms with Gasteiger partial charge in [-0.3, -0.25) is 4.79 Å². The lowest BCUT2D eigenvalue weighted by Gasteiger charge is -2.41. The molecule has 3 aliphatic rings. The molecule has 1 saturated carbocycles. The van der Waals surface area contributed by atoms with Gasteiger partial charge in [0, 0.05) is 18.3 Å². The van der Waals surface area contributed by atoms with E-state index in [4.69, 9.17) is 10.5 Å². The van der Waals surface area contributed by atoms with Crippen LogP contribution in [0.3, 0.4) is 0 Å². The Balaban J connectivity index is 1.69. The molecule has 0 aromatic heterocycles. The highest BCUT2D eigenvalue weighted by Crippen LogP contribution is 2.42. The smallest absolute Gasteiger partial charge is 0.155 e. The Hall–Kier alpha value is -0.0600. The second kappa shape index (κ2) is 5.38. The minimum Gasteiger partial charge on any atom is -0.374 e. The number of carbonyl (C=O) groups excluding carboxylic acids is 1. The van der Waals surface area contributed by atoms with Gasteiger partial charge >= 0.3 is 0 Å². The molecule has 2 unspecified atom stereocenters. The maximum absolute atomic E-state index is 12.8. The van der Waals surface area contributed by atoms with Gasteiger partial charge in [-0.05, 0) is 37.9 Å². The molecule has 2 heterocycles. The predicted molar refractivity (Wildman–Crippen MR) is 78.4 cm³/mol. The molecular weight excluding hydrogens is 258 g/mol. The molecule has 1 aliphatic carbocycles. The molecule has 3 rings (SSSR count). The first-order valence-corrected chi connectivity index (χ1v) is 8.84. The van der Waals surface area contributed by atoms with Crippen LogP contribution < -0.4 is 5.73 Å². The highest BCUT2D eigenvalue weighted by molar-refractivity contribution is 7.99. The number of ketones is 1. The molecule has 0 radical (unpaired) electrons. The fourth-order valence-corrected chi connectivity index (χ4v) is 5.33. The van der Waals surface area contributed by atoms with E-state index in [1.54, 1.807) is 0 Å². The summed E-state index contributed by atoms with van der Waals surface area (Å²) in [5.41, 5.74) is 5.90. The number of hydrogen-bond donors (Lipinski definition) is 1. The van der Waals surface area contributed by atoms with Crippen molar-refractivity contribution >= 4 is 17.5 Å². The summed E-state index contributed by atoms with van der Waals surface area (Å²) in [4.78, 5) is 12.8. The summed E-state index contributed by atoms with van der Waals surface area (Å²) in [5.74, 6) is 2.73. The van der Waals surface area contributed by atoms with Crippen molar-refractivity contribution in [2.24, 2.45) is 11.7 Å². The molecular formula is C15H25NO2S. The molecule has 3 fully saturated rings. The van der Waals surface area contributed by atoms with E-state index >= 15 is 0 Å². The van der Waals surface area contributed by atoms with Crippen LogP contribution in [0.2, 0.25) is 0 Å². The molecule has 0 bridgehead atoms. The van der Waals surface area contributed by atoms with Crippen LogP contribution >= 0.6 is 11.8 Å². The van der Waals surface area contributed by atoms with Crippen LogP contribution in [-0.2, 0) is 9.53 Å². The fourth-order valence-electron chi connectivity index (χ4n) is 3.95. The van der Waals surface area contributed by atoms with E-state index in [1.165, 1.54) is 12.2 Å². The maximum atomic E-state index is 12.8. The second-order valence-corrected chi connectivity index (χ2v) is 7.71. The number of nitrogens with two attached hydrogens (primary N) is 1. The molecule has 0 amide bonds. The van der Waals surface area contributed by atoms with E-state index in [-0.39, 0.29) is 11.5 Å². The first kappa shape index (κ1) is 13.9. The van der Waals surface area contributed by atoms with Crippen molar-refractivity contribution in [3.8, 4) is 0 Å². The monoisotopic (exact) mass is 283 g/mol. The molecule has 0 aromatic rings. The molecule has 2 atom stereocenters. The highest BCUT2D eigenvalue weighted by atomic mass is 32.2. The maximum Gasteiger partial charge on any atom is 0.155 e. The third-order valence-corrected chi connectivity index (χ3v) is 6.39. The molecule has 2 N–H and O–H groups in total. The third kappa shape index (κ3) is 2.72. The first-order chi connectivity index (χ1) is 9.14. The van der Waals surface area contributed by atoms with Crippen LogP contribution in [0.1, 0.15) is 51.4 Å². The van der Waals surface area contributed by atoms with Gasteiger partial charge in [0.05, 0.1) is 11.1 Å². The number of hydrogen-bond acceptors (Lipinski definition) is 4. The van der Waals surface area contributed by atoms with E-state index in [1.807, 2.05) is 11.8 Å². The summed E-state index contributed by atoms with van der Waals surface area (Å²) in [7, 11) is 0. The van der Waals surface area contributed by atoms with Crippen molar-refractivity contribution in [2.45, 2.75) is 62.5 Å². The Morgan fingerprint density at radius 2 is 2.00 bits per heavy atom. The van der Waals surface area contributed by atoms with Crippen molar-refractivity contribution in [1.29, 1.82) is 0 Å². The fraction of sp³-hybridized carbons (Fsp3) is 0.933. The Morgan fingerprint density at radius 1 is 1.21 bits per heavy atom. The molecule has 108 valence electrons. The normalized spacial score (nSPS) is 38.5. The van der Waals surface area contributed by atoms with Gasteiger partial charge in [0.25, 0.3) is 0 Å². The zero-order valence-electron chi connectivity index (χ0n) is 11.7. The number of thioether (sulfide) groups is 1. The lowest BCUT2D eigenvalue weighted by atomic mass is 9.71. The van der Waals surface area contributed by atoms with E-state index in [0.29, 0.717) is 5.78 Å². The van der Waals surface area contributed by atoms with Crippen LogP contribution in [0.15, 0.2) is 0 Å². The van der Waals surface area contributed by atoms with Crippen LogP contribution in [-0.4, -0.2) is 35.0 Å². The van der Waals surface area contributed by atoms with Crippen LogP contribution in [0.4, 0.5) is 0 Å². The highest BCUT2D eigenvalue weighted by Gasteiger charge is 2.46. The van der Waals surface area contributed by atoms with E-state index in [9.17, 15) is 4.79 Å². The van der Waals surface area contributed by atoms with E-state index in [2.05, 4.69) is 0 Å². The number of ether oxygens (including phenoxy) is 1. The van der Waals surface area contributed by atoms with Crippen molar-refractivity contribution in [2.75, 3.05) is 18.1 Å². The molecule has 2 aliphatic heterocycles.